The molecule has 36 heavy (non-hydrogen) atoms. The first-order chi connectivity index (χ1) is 16.5. The Morgan fingerprint density at radius 2 is 1.69 bits per heavy atom. The monoisotopic (exact) mass is 551 g/mol. The predicted molar refractivity (Wildman–Crippen MR) is 128 cm³/mol. The summed E-state index contributed by atoms with van der Waals surface area (Å²) in [4.78, 5) is 27.0. The third-order valence-corrected chi connectivity index (χ3v) is 6.56. The summed E-state index contributed by atoms with van der Waals surface area (Å²) in [5, 5.41) is 2.28. The predicted octanol–water partition coefficient (Wildman–Crippen LogP) is 4.21. The van der Waals surface area contributed by atoms with Gasteiger partial charge in [-0.05, 0) is 45.0 Å². The maximum absolute atomic E-state index is 14.3. The molecule has 0 radical (unpaired) electrons. The summed E-state index contributed by atoms with van der Waals surface area (Å²) in [6.07, 6.45) is -4.10. The van der Waals surface area contributed by atoms with Gasteiger partial charge in [-0.25, -0.2) is 12.8 Å². The number of amides is 2. The van der Waals surface area contributed by atoms with Gasteiger partial charge in [-0.2, -0.15) is 13.2 Å². The summed E-state index contributed by atoms with van der Waals surface area (Å²) in [5.41, 5.74) is -1.68. The Morgan fingerprint density at radius 1 is 1.08 bits per heavy atom. The molecule has 0 aliphatic rings. The Kier molecular flexibility index (Phi) is 9.35. The van der Waals surface area contributed by atoms with Gasteiger partial charge < -0.3 is 10.2 Å². The van der Waals surface area contributed by atoms with Crippen LogP contribution in [0.5, 0.6) is 0 Å². The Morgan fingerprint density at radius 3 is 2.22 bits per heavy atom. The second-order valence-corrected chi connectivity index (χ2v) is 10.7. The van der Waals surface area contributed by atoms with E-state index in [2.05, 4.69) is 5.32 Å². The number of hydrogen-bond donors (Lipinski definition) is 1. The molecule has 2 rings (SSSR count). The second-order valence-electron chi connectivity index (χ2n) is 8.39. The van der Waals surface area contributed by atoms with Crippen molar-refractivity contribution in [3.63, 3.8) is 0 Å². The van der Waals surface area contributed by atoms with Gasteiger partial charge >= 0.3 is 6.18 Å². The summed E-state index contributed by atoms with van der Waals surface area (Å²) < 4.78 is 79.6. The Labute approximate surface area is 212 Å². The molecule has 2 aromatic rings. The summed E-state index contributed by atoms with van der Waals surface area (Å²) in [6.45, 7) is 3.38. The third kappa shape index (κ3) is 7.57. The lowest BCUT2D eigenvalue weighted by Gasteiger charge is -2.32. The number of nitrogens with one attached hydrogen (secondary N) is 1. The minimum atomic E-state index is -4.80. The summed E-state index contributed by atoms with van der Waals surface area (Å²) in [7, 11) is -4.32. The molecule has 1 atom stereocenters. The molecule has 0 saturated carbocycles. The lowest BCUT2D eigenvalue weighted by atomic mass is 10.1. The Hall–Kier alpha value is -2.86. The molecule has 198 valence electrons. The molecule has 2 aromatic carbocycles. The van der Waals surface area contributed by atoms with Crippen molar-refractivity contribution >= 4 is 39.1 Å². The number of hydrogen-bond acceptors (Lipinski definition) is 4. The van der Waals surface area contributed by atoms with Crippen molar-refractivity contribution in [1.82, 2.24) is 10.2 Å². The average Bonchev–Trinajstić information content (AvgIpc) is 2.74. The minimum Gasteiger partial charge on any atom is -0.352 e. The van der Waals surface area contributed by atoms with E-state index in [1.165, 1.54) is 25.1 Å². The van der Waals surface area contributed by atoms with Gasteiger partial charge in [-0.15, -0.1) is 0 Å². The SMILES string of the molecule is CC(C)NC(=O)C(C)N(Cc1ccccc1F)C(=O)CN(c1cc(C(F)(F)F)ccc1Cl)S(C)(=O)=O. The van der Waals surface area contributed by atoms with Gasteiger partial charge in [-0.1, -0.05) is 29.8 Å². The second kappa shape index (κ2) is 11.5. The van der Waals surface area contributed by atoms with Crippen LogP contribution in [0.2, 0.25) is 5.02 Å². The number of benzene rings is 2. The van der Waals surface area contributed by atoms with Gasteiger partial charge in [-0.3, -0.25) is 13.9 Å². The van der Waals surface area contributed by atoms with E-state index >= 15 is 0 Å². The fourth-order valence-corrected chi connectivity index (χ4v) is 4.40. The molecule has 1 N–H and O–H groups in total. The lowest BCUT2D eigenvalue weighted by Crippen LogP contribution is -2.52. The standard InChI is InChI=1S/C23H26ClF4N3O4S/c1-14(2)29-22(33)15(3)30(12-16-7-5-6-8-19(16)25)21(32)13-31(36(4,34)35)20-11-17(23(26,27)28)9-10-18(20)24/h5-11,14-15H,12-13H2,1-4H3,(H,29,33). The molecule has 0 saturated heterocycles. The topological polar surface area (TPSA) is 86.8 Å². The number of sulfonamides is 1. The van der Waals surface area contributed by atoms with Crippen LogP contribution in [0.1, 0.15) is 31.9 Å². The zero-order valence-corrected chi connectivity index (χ0v) is 21.5. The highest BCUT2D eigenvalue weighted by Crippen LogP contribution is 2.36. The van der Waals surface area contributed by atoms with Crippen molar-refractivity contribution in [3.8, 4) is 0 Å². The molecule has 0 spiro atoms. The van der Waals surface area contributed by atoms with E-state index in [4.69, 9.17) is 11.6 Å². The molecule has 1 unspecified atom stereocenters. The Bertz CT molecular complexity index is 1220. The molecule has 0 aliphatic heterocycles. The van der Waals surface area contributed by atoms with Crippen LogP contribution >= 0.6 is 11.6 Å². The van der Waals surface area contributed by atoms with E-state index in [0.29, 0.717) is 22.7 Å². The van der Waals surface area contributed by atoms with E-state index in [1.807, 2.05) is 0 Å². The number of nitrogens with zero attached hydrogens (tertiary/aromatic N) is 2. The zero-order chi connectivity index (χ0) is 27.4. The van der Waals surface area contributed by atoms with Crippen molar-refractivity contribution in [2.75, 3.05) is 17.1 Å². The number of rotatable bonds is 9. The highest BCUT2D eigenvalue weighted by Gasteiger charge is 2.35. The molecule has 0 heterocycles. The summed E-state index contributed by atoms with van der Waals surface area (Å²) in [5.74, 6) is -2.20. The molecular weight excluding hydrogens is 526 g/mol. The van der Waals surface area contributed by atoms with Crippen molar-refractivity contribution in [3.05, 3.63) is 64.4 Å². The van der Waals surface area contributed by atoms with Crippen LogP contribution in [0.4, 0.5) is 23.2 Å². The van der Waals surface area contributed by atoms with E-state index in [1.54, 1.807) is 13.8 Å². The van der Waals surface area contributed by atoms with Gasteiger partial charge in [0.05, 0.1) is 22.5 Å². The van der Waals surface area contributed by atoms with Gasteiger partial charge in [0, 0.05) is 18.2 Å². The molecule has 0 aromatic heterocycles. The normalized spacial score (nSPS) is 12.8. The smallest absolute Gasteiger partial charge is 0.352 e. The van der Waals surface area contributed by atoms with E-state index < -0.39 is 64.2 Å². The van der Waals surface area contributed by atoms with Crippen LogP contribution in [0.25, 0.3) is 0 Å². The van der Waals surface area contributed by atoms with E-state index in [-0.39, 0.29) is 16.6 Å². The maximum atomic E-state index is 14.3. The number of halogens is 5. The first-order valence-electron chi connectivity index (χ1n) is 10.7. The number of anilines is 1. The van der Waals surface area contributed by atoms with E-state index in [9.17, 15) is 35.6 Å². The highest BCUT2D eigenvalue weighted by molar-refractivity contribution is 7.92. The highest BCUT2D eigenvalue weighted by atomic mass is 35.5. The zero-order valence-electron chi connectivity index (χ0n) is 19.9. The van der Waals surface area contributed by atoms with Crippen LogP contribution < -0.4 is 9.62 Å². The summed E-state index contributed by atoms with van der Waals surface area (Å²) >= 11 is 6.02. The minimum absolute atomic E-state index is 0.0538. The Balaban J connectivity index is 2.52. The van der Waals surface area contributed by atoms with Crippen molar-refractivity contribution < 1.29 is 35.6 Å². The van der Waals surface area contributed by atoms with Crippen LogP contribution in [0.15, 0.2) is 42.5 Å². The molecular formula is C23H26ClF4N3O4S. The van der Waals surface area contributed by atoms with Gasteiger partial charge in [0.15, 0.2) is 0 Å². The molecule has 0 bridgehead atoms. The van der Waals surface area contributed by atoms with Gasteiger partial charge in [0.2, 0.25) is 21.8 Å². The number of alkyl halides is 3. The van der Waals surface area contributed by atoms with Crippen LogP contribution in [0.3, 0.4) is 0 Å². The van der Waals surface area contributed by atoms with Crippen LogP contribution in [-0.2, 0) is 32.3 Å². The lowest BCUT2D eigenvalue weighted by molar-refractivity contribution is -0.139. The number of carbonyl (C=O) groups is 2. The summed E-state index contributed by atoms with van der Waals surface area (Å²) in [6, 6.07) is 6.11. The molecule has 7 nitrogen and oxygen atoms in total. The van der Waals surface area contributed by atoms with Crippen molar-refractivity contribution in [1.29, 1.82) is 0 Å². The molecule has 0 fully saturated rings. The molecule has 13 heteroatoms. The fraction of sp³-hybridized carbons (Fsp3) is 0.391. The number of carbonyl (C=O) groups excluding carboxylic acids is 2. The quantitative estimate of drug-likeness (QED) is 0.473. The molecule has 2 amide bonds. The first-order valence-corrected chi connectivity index (χ1v) is 12.9. The first kappa shape index (κ1) is 29.4. The fourth-order valence-electron chi connectivity index (χ4n) is 3.27. The van der Waals surface area contributed by atoms with Crippen molar-refractivity contribution in [2.45, 2.75) is 45.6 Å². The van der Waals surface area contributed by atoms with E-state index in [0.717, 1.165) is 17.0 Å². The van der Waals surface area contributed by atoms with Crippen molar-refractivity contribution in [2.24, 2.45) is 0 Å². The van der Waals surface area contributed by atoms with Crippen LogP contribution in [-0.4, -0.2) is 50.0 Å². The average molecular weight is 552 g/mol. The molecule has 0 aliphatic carbocycles. The van der Waals surface area contributed by atoms with Gasteiger partial charge in [0.1, 0.15) is 18.4 Å². The largest absolute Gasteiger partial charge is 0.416 e. The third-order valence-electron chi connectivity index (χ3n) is 5.12. The van der Waals surface area contributed by atoms with Crippen LogP contribution in [0, 0.1) is 5.82 Å². The van der Waals surface area contributed by atoms with Gasteiger partial charge in [0.25, 0.3) is 0 Å². The maximum Gasteiger partial charge on any atom is 0.416 e.